The molecular formula is C13H23BrN2O. The Labute approximate surface area is 113 Å². The number of hydrogen-bond donors (Lipinski definition) is 0. The fraction of sp³-hybridized carbons (Fsp3) is 0.923. The van der Waals surface area contributed by atoms with E-state index in [2.05, 4.69) is 26.9 Å². The van der Waals surface area contributed by atoms with E-state index in [4.69, 9.17) is 10.00 Å². The summed E-state index contributed by atoms with van der Waals surface area (Å²) < 4.78 is 5.15. The van der Waals surface area contributed by atoms with Crippen LogP contribution < -0.4 is 0 Å². The van der Waals surface area contributed by atoms with Crippen molar-refractivity contribution in [1.82, 2.24) is 4.90 Å². The molecule has 0 atom stereocenters. The van der Waals surface area contributed by atoms with E-state index in [1.807, 2.05) is 0 Å². The van der Waals surface area contributed by atoms with Gasteiger partial charge in [-0.2, -0.15) is 5.26 Å². The fourth-order valence-corrected chi connectivity index (χ4v) is 3.37. The summed E-state index contributed by atoms with van der Waals surface area (Å²) >= 11 is 3.68. The molecule has 1 fully saturated rings. The Morgan fingerprint density at radius 1 is 1.35 bits per heavy atom. The van der Waals surface area contributed by atoms with Gasteiger partial charge in [-0.15, -0.1) is 0 Å². The molecule has 0 amide bonds. The Bertz CT molecular complexity index is 246. The number of hydrogen-bond acceptors (Lipinski definition) is 3. The zero-order valence-electron chi connectivity index (χ0n) is 10.8. The number of rotatable bonds is 8. The Balaban J connectivity index is 2.47. The van der Waals surface area contributed by atoms with Crippen molar-refractivity contribution in [3.05, 3.63) is 0 Å². The molecule has 1 rings (SSSR count). The van der Waals surface area contributed by atoms with Gasteiger partial charge in [0.15, 0.2) is 0 Å². The zero-order chi connectivity index (χ0) is 12.6. The van der Waals surface area contributed by atoms with Crippen LogP contribution in [0.2, 0.25) is 0 Å². The zero-order valence-corrected chi connectivity index (χ0v) is 12.3. The lowest BCUT2D eigenvalue weighted by atomic mass is 9.88. The van der Waals surface area contributed by atoms with Gasteiger partial charge in [0.05, 0.1) is 12.7 Å². The van der Waals surface area contributed by atoms with E-state index >= 15 is 0 Å². The predicted molar refractivity (Wildman–Crippen MR) is 73.2 cm³/mol. The van der Waals surface area contributed by atoms with E-state index in [1.54, 1.807) is 7.11 Å². The molecule has 17 heavy (non-hydrogen) atoms. The van der Waals surface area contributed by atoms with E-state index in [0.29, 0.717) is 11.8 Å². The molecule has 0 aromatic heterocycles. The third kappa shape index (κ3) is 4.95. The highest BCUT2D eigenvalue weighted by molar-refractivity contribution is 9.09. The molecule has 98 valence electrons. The second kappa shape index (κ2) is 8.07. The van der Waals surface area contributed by atoms with Crippen molar-refractivity contribution in [3.63, 3.8) is 0 Å². The maximum atomic E-state index is 8.71. The second-order valence-corrected chi connectivity index (χ2v) is 5.58. The average Bonchev–Trinajstić information content (AvgIpc) is 2.82. The highest BCUT2D eigenvalue weighted by Crippen LogP contribution is 2.40. The molecule has 0 spiro atoms. The van der Waals surface area contributed by atoms with Crippen LogP contribution in [0.25, 0.3) is 0 Å². The lowest BCUT2D eigenvalue weighted by Gasteiger charge is -2.33. The van der Waals surface area contributed by atoms with Crippen LogP contribution in [-0.2, 0) is 4.74 Å². The quantitative estimate of drug-likeness (QED) is 0.647. The van der Waals surface area contributed by atoms with Crippen molar-refractivity contribution < 1.29 is 4.74 Å². The van der Waals surface area contributed by atoms with Crippen LogP contribution in [0.3, 0.4) is 0 Å². The molecule has 0 saturated heterocycles. The van der Waals surface area contributed by atoms with Crippen molar-refractivity contribution in [2.75, 3.05) is 38.7 Å². The molecule has 0 radical (unpaired) electrons. The molecule has 3 nitrogen and oxygen atoms in total. The van der Waals surface area contributed by atoms with Crippen molar-refractivity contribution in [2.24, 2.45) is 5.41 Å². The van der Waals surface area contributed by atoms with Crippen LogP contribution in [0.5, 0.6) is 0 Å². The first-order chi connectivity index (χ1) is 8.26. The van der Waals surface area contributed by atoms with Crippen LogP contribution in [0.4, 0.5) is 0 Å². The van der Waals surface area contributed by atoms with Gasteiger partial charge in [-0.3, -0.25) is 4.90 Å². The van der Waals surface area contributed by atoms with Gasteiger partial charge in [-0.1, -0.05) is 28.8 Å². The van der Waals surface area contributed by atoms with Gasteiger partial charge in [0.2, 0.25) is 0 Å². The number of ether oxygens (including phenoxy) is 1. The van der Waals surface area contributed by atoms with Crippen LogP contribution in [0.15, 0.2) is 0 Å². The Morgan fingerprint density at radius 3 is 2.59 bits per heavy atom. The standard InChI is InChI=1S/C13H23BrN2O/c1-17-10-9-16(8-4-7-15)12-13(11-14)5-2-3-6-13/h2-6,8-12H2,1H3. The molecule has 0 aliphatic heterocycles. The third-order valence-corrected chi connectivity index (χ3v) is 4.85. The summed E-state index contributed by atoms with van der Waals surface area (Å²) in [7, 11) is 1.73. The Morgan fingerprint density at radius 2 is 2.06 bits per heavy atom. The topological polar surface area (TPSA) is 36.3 Å². The summed E-state index contributed by atoms with van der Waals surface area (Å²) in [5, 5.41) is 9.79. The number of halogens is 1. The monoisotopic (exact) mass is 302 g/mol. The lowest BCUT2D eigenvalue weighted by Crippen LogP contribution is -2.39. The summed E-state index contributed by atoms with van der Waals surface area (Å²) in [6, 6.07) is 2.24. The van der Waals surface area contributed by atoms with Crippen LogP contribution in [0.1, 0.15) is 32.1 Å². The molecule has 0 unspecified atom stereocenters. The minimum atomic E-state index is 0.434. The van der Waals surface area contributed by atoms with Gasteiger partial charge < -0.3 is 4.74 Å². The van der Waals surface area contributed by atoms with Crippen LogP contribution in [0, 0.1) is 16.7 Å². The molecule has 1 aliphatic carbocycles. The molecule has 4 heteroatoms. The second-order valence-electron chi connectivity index (χ2n) is 5.02. The number of methoxy groups -OCH3 is 1. The molecule has 0 aromatic rings. The maximum Gasteiger partial charge on any atom is 0.0635 e. The molecule has 1 saturated carbocycles. The van der Waals surface area contributed by atoms with Gasteiger partial charge in [0.1, 0.15) is 0 Å². The first-order valence-corrected chi connectivity index (χ1v) is 7.53. The largest absolute Gasteiger partial charge is 0.383 e. The summed E-state index contributed by atoms with van der Waals surface area (Å²) in [6.07, 6.45) is 5.94. The van der Waals surface area contributed by atoms with Crippen LogP contribution >= 0.6 is 15.9 Å². The highest BCUT2D eigenvalue weighted by Gasteiger charge is 2.34. The molecular weight excluding hydrogens is 280 g/mol. The van der Waals surface area contributed by atoms with Gasteiger partial charge >= 0.3 is 0 Å². The van der Waals surface area contributed by atoms with E-state index in [-0.39, 0.29) is 0 Å². The summed E-state index contributed by atoms with van der Waals surface area (Å²) in [4.78, 5) is 2.39. The summed E-state index contributed by atoms with van der Waals surface area (Å²) in [5.74, 6) is 0. The van der Waals surface area contributed by atoms with E-state index in [1.165, 1.54) is 25.7 Å². The number of alkyl halides is 1. The molecule has 0 bridgehead atoms. The highest BCUT2D eigenvalue weighted by atomic mass is 79.9. The summed E-state index contributed by atoms with van der Waals surface area (Å²) in [6.45, 7) is 3.66. The lowest BCUT2D eigenvalue weighted by molar-refractivity contribution is 0.117. The first kappa shape index (κ1) is 14.9. The van der Waals surface area contributed by atoms with E-state index in [0.717, 1.165) is 31.6 Å². The van der Waals surface area contributed by atoms with Gasteiger partial charge in [-0.05, 0) is 18.3 Å². The first-order valence-electron chi connectivity index (χ1n) is 6.40. The normalized spacial score (nSPS) is 18.5. The average molecular weight is 303 g/mol. The minimum absolute atomic E-state index is 0.434. The van der Waals surface area contributed by atoms with Gasteiger partial charge in [0, 0.05) is 38.5 Å². The fourth-order valence-electron chi connectivity index (χ4n) is 2.63. The molecule has 1 aliphatic rings. The molecule has 0 aromatic carbocycles. The third-order valence-electron chi connectivity index (χ3n) is 3.66. The maximum absolute atomic E-state index is 8.71. The minimum Gasteiger partial charge on any atom is -0.383 e. The predicted octanol–water partition coefficient (Wildman–Crippen LogP) is 2.80. The smallest absolute Gasteiger partial charge is 0.0635 e. The number of nitrogens with zero attached hydrogens (tertiary/aromatic N) is 2. The SMILES string of the molecule is COCCN(CCC#N)CC1(CBr)CCCC1. The van der Waals surface area contributed by atoms with Crippen molar-refractivity contribution in [1.29, 1.82) is 5.26 Å². The van der Waals surface area contributed by atoms with Crippen LogP contribution in [-0.4, -0.2) is 43.6 Å². The van der Waals surface area contributed by atoms with Gasteiger partial charge in [-0.25, -0.2) is 0 Å². The molecule has 0 heterocycles. The van der Waals surface area contributed by atoms with E-state index < -0.39 is 0 Å². The Kier molecular flexibility index (Phi) is 7.10. The van der Waals surface area contributed by atoms with Crippen molar-refractivity contribution in [2.45, 2.75) is 32.1 Å². The van der Waals surface area contributed by atoms with E-state index in [9.17, 15) is 0 Å². The van der Waals surface area contributed by atoms with Crippen molar-refractivity contribution in [3.8, 4) is 6.07 Å². The molecule has 0 N–H and O–H groups in total. The Hall–Kier alpha value is -0.110. The van der Waals surface area contributed by atoms with Gasteiger partial charge in [0.25, 0.3) is 0 Å². The number of nitriles is 1. The summed E-state index contributed by atoms with van der Waals surface area (Å²) in [5.41, 5.74) is 0.434. The van der Waals surface area contributed by atoms with Crippen molar-refractivity contribution >= 4 is 15.9 Å².